The molecule has 22 heavy (non-hydrogen) atoms. The van der Waals surface area contributed by atoms with Crippen molar-refractivity contribution in [2.75, 3.05) is 11.9 Å². The fourth-order valence-corrected chi connectivity index (χ4v) is 2.34. The van der Waals surface area contributed by atoms with E-state index in [1.165, 1.54) is 5.56 Å². The van der Waals surface area contributed by atoms with Gasteiger partial charge in [-0.05, 0) is 23.8 Å². The van der Waals surface area contributed by atoms with Crippen molar-refractivity contribution in [3.63, 3.8) is 0 Å². The maximum absolute atomic E-state index is 12.0. The summed E-state index contributed by atoms with van der Waals surface area (Å²) >= 11 is 11.8. The molecule has 0 aliphatic heterocycles. The predicted molar refractivity (Wildman–Crippen MR) is 93.0 cm³/mol. The van der Waals surface area contributed by atoms with Crippen molar-refractivity contribution in [1.29, 1.82) is 0 Å². The number of urea groups is 1. The summed E-state index contributed by atoms with van der Waals surface area (Å²) in [7, 11) is 0. The summed E-state index contributed by atoms with van der Waals surface area (Å²) in [5.74, 6) is 0. The van der Waals surface area contributed by atoms with Gasteiger partial charge in [0.25, 0.3) is 0 Å². The van der Waals surface area contributed by atoms with Gasteiger partial charge in [0.05, 0.1) is 10.0 Å². The van der Waals surface area contributed by atoms with Gasteiger partial charge in [0, 0.05) is 17.6 Å². The van der Waals surface area contributed by atoms with E-state index in [1.54, 1.807) is 18.2 Å². The molecular formula is C17H18Cl2N2O. The molecule has 2 N–H and O–H groups in total. The van der Waals surface area contributed by atoms with Crippen molar-refractivity contribution >= 4 is 34.9 Å². The molecule has 2 rings (SSSR count). The maximum atomic E-state index is 12.0. The topological polar surface area (TPSA) is 41.1 Å². The molecule has 0 aromatic heterocycles. The number of rotatable bonds is 4. The lowest BCUT2D eigenvalue weighted by Gasteiger charge is -2.25. The lowest BCUT2D eigenvalue weighted by atomic mass is 9.85. The van der Waals surface area contributed by atoms with Crippen molar-refractivity contribution in [1.82, 2.24) is 5.32 Å². The van der Waals surface area contributed by atoms with Gasteiger partial charge >= 0.3 is 6.03 Å². The minimum Gasteiger partial charge on any atom is -0.337 e. The van der Waals surface area contributed by atoms with Gasteiger partial charge in [-0.3, -0.25) is 0 Å². The van der Waals surface area contributed by atoms with Gasteiger partial charge in [-0.15, -0.1) is 0 Å². The third kappa shape index (κ3) is 4.39. The molecule has 0 radical (unpaired) electrons. The Morgan fingerprint density at radius 2 is 1.73 bits per heavy atom. The second kappa shape index (κ2) is 7.03. The third-order valence-electron chi connectivity index (χ3n) is 3.42. The van der Waals surface area contributed by atoms with Crippen molar-refractivity contribution in [3.05, 3.63) is 64.1 Å². The molecule has 0 saturated heterocycles. The van der Waals surface area contributed by atoms with Crippen LogP contribution >= 0.6 is 23.2 Å². The fraction of sp³-hybridized carbons (Fsp3) is 0.235. The first kappa shape index (κ1) is 16.7. The number of benzene rings is 2. The molecule has 0 unspecified atom stereocenters. The lowest BCUT2D eigenvalue weighted by molar-refractivity contribution is 0.249. The zero-order valence-corrected chi connectivity index (χ0v) is 14.0. The smallest absolute Gasteiger partial charge is 0.319 e. The number of carbonyl (C=O) groups excluding carboxylic acids is 1. The highest BCUT2D eigenvalue weighted by molar-refractivity contribution is 6.42. The first-order valence-corrected chi connectivity index (χ1v) is 7.69. The summed E-state index contributed by atoms with van der Waals surface area (Å²) < 4.78 is 0. The highest BCUT2D eigenvalue weighted by Gasteiger charge is 2.21. The van der Waals surface area contributed by atoms with Crippen LogP contribution < -0.4 is 10.6 Å². The molecule has 2 aromatic carbocycles. The van der Waals surface area contributed by atoms with Crippen LogP contribution in [0.15, 0.2) is 48.5 Å². The molecule has 116 valence electrons. The Hall–Kier alpha value is -1.71. The average molecular weight is 337 g/mol. The van der Waals surface area contributed by atoms with Crippen molar-refractivity contribution in [2.24, 2.45) is 0 Å². The van der Waals surface area contributed by atoms with Crippen LogP contribution in [0.3, 0.4) is 0 Å². The second-order valence-electron chi connectivity index (χ2n) is 5.69. The summed E-state index contributed by atoms with van der Waals surface area (Å²) in [5.41, 5.74) is 1.62. The summed E-state index contributed by atoms with van der Waals surface area (Å²) in [6.45, 7) is 4.69. The quantitative estimate of drug-likeness (QED) is 0.801. The highest BCUT2D eigenvalue weighted by atomic mass is 35.5. The molecule has 3 nitrogen and oxygen atoms in total. The van der Waals surface area contributed by atoms with Crippen LogP contribution in [0.25, 0.3) is 0 Å². The Balaban J connectivity index is 1.93. The normalized spacial score (nSPS) is 11.1. The van der Waals surface area contributed by atoms with Gasteiger partial charge in [-0.2, -0.15) is 0 Å². The second-order valence-corrected chi connectivity index (χ2v) is 6.50. The van der Waals surface area contributed by atoms with Crippen LogP contribution in [-0.4, -0.2) is 12.6 Å². The van der Waals surface area contributed by atoms with Crippen molar-refractivity contribution < 1.29 is 4.79 Å². The summed E-state index contributed by atoms with van der Waals surface area (Å²) in [4.78, 5) is 12.0. The number of hydrogen-bond donors (Lipinski definition) is 2. The number of amides is 2. The molecule has 0 atom stereocenters. The van der Waals surface area contributed by atoms with Crippen LogP contribution in [0.2, 0.25) is 10.0 Å². The van der Waals surface area contributed by atoms with E-state index in [9.17, 15) is 4.79 Å². The molecule has 0 spiro atoms. The van der Waals surface area contributed by atoms with Gasteiger partial charge in [0.15, 0.2) is 0 Å². The van der Waals surface area contributed by atoms with Gasteiger partial charge < -0.3 is 10.6 Å². The monoisotopic (exact) mass is 336 g/mol. The van der Waals surface area contributed by atoms with E-state index in [0.717, 1.165) is 0 Å². The molecule has 0 bridgehead atoms. The van der Waals surface area contributed by atoms with E-state index in [-0.39, 0.29) is 11.4 Å². The lowest BCUT2D eigenvalue weighted by Crippen LogP contribution is -2.38. The molecule has 2 amide bonds. The minimum absolute atomic E-state index is 0.157. The van der Waals surface area contributed by atoms with Crippen LogP contribution in [0.5, 0.6) is 0 Å². The predicted octanol–water partition coefficient (Wildman–Crippen LogP) is 5.09. The average Bonchev–Trinajstić information content (AvgIpc) is 2.50. The molecule has 0 fully saturated rings. The van der Waals surface area contributed by atoms with E-state index < -0.39 is 0 Å². The molecule has 2 aromatic rings. The minimum atomic E-state index is -0.276. The van der Waals surface area contributed by atoms with Crippen molar-refractivity contribution in [2.45, 2.75) is 19.3 Å². The maximum Gasteiger partial charge on any atom is 0.319 e. The van der Waals surface area contributed by atoms with E-state index >= 15 is 0 Å². The Bertz CT molecular complexity index is 657. The zero-order valence-electron chi connectivity index (χ0n) is 12.5. The van der Waals surface area contributed by atoms with E-state index in [0.29, 0.717) is 22.3 Å². The highest BCUT2D eigenvalue weighted by Crippen LogP contribution is 2.25. The van der Waals surface area contributed by atoms with E-state index in [4.69, 9.17) is 23.2 Å². The number of carbonyl (C=O) groups is 1. The van der Waals surface area contributed by atoms with Crippen molar-refractivity contribution in [3.8, 4) is 0 Å². The van der Waals surface area contributed by atoms with Crippen LogP contribution in [-0.2, 0) is 5.41 Å². The van der Waals surface area contributed by atoms with E-state index in [1.807, 2.05) is 18.2 Å². The van der Waals surface area contributed by atoms with Gasteiger partial charge in [-0.1, -0.05) is 67.4 Å². The standard InChI is InChI=1S/C17H18Cl2N2O/c1-17(2,12-6-4-3-5-7-12)11-20-16(22)21-13-8-9-14(18)15(19)10-13/h3-10H,11H2,1-2H3,(H2,20,21,22). The Kier molecular flexibility index (Phi) is 5.33. The summed E-state index contributed by atoms with van der Waals surface area (Å²) in [5, 5.41) is 6.48. The zero-order chi connectivity index (χ0) is 16.2. The number of anilines is 1. The molecule has 5 heteroatoms. The number of nitrogens with one attached hydrogen (secondary N) is 2. The summed E-state index contributed by atoms with van der Waals surface area (Å²) in [6, 6.07) is 14.8. The number of halogens is 2. The fourth-order valence-electron chi connectivity index (χ4n) is 2.04. The van der Waals surface area contributed by atoms with Gasteiger partial charge in [-0.25, -0.2) is 4.79 Å². The molecule has 0 aliphatic carbocycles. The third-order valence-corrected chi connectivity index (χ3v) is 4.16. The molecule has 0 aliphatic rings. The van der Waals surface area contributed by atoms with Gasteiger partial charge in [0.1, 0.15) is 0 Å². The first-order chi connectivity index (χ1) is 10.4. The van der Waals surface area contributed by atoms with Gasteiger partial charge in [0.2, 0.25) is 0 Å². The Morgan fingerprint density at radius 3 is 2.36 bits per heavy atom. The molecular weight excluding hydrogens is 319 g/mol. The Labute approximate surface area is 140 Å². The first-order valence-electron chi connectivity index (χ1n) is 6.94. The SMILES string of the molecule is CC(C)(CNC(=O)Nc1ccc(Cl)c(Cl)c1)c1ccccc1. The van der Waals surface area contributed by atoms with Crippen LogP contribution in [0, 0.1) is 0 Å². The molecule has 0 heterocycles. The van der Waals surface area contributed by atoms with Crippen LogP contribution in [0.4, 0.5) is 10.5 Å². The Morgan fingerprint density at radius 1 is 1.05 bits per heavy atom. The molecule has 0 saturated carbocycles. The van der Waals surface area contributed by atoms with E-state index in [2.05, 4.69) is 36.6 Å². The number of hydrogen-bond acceptors (Lipinski definition) is 1. The largest absolute Gasteiger partial charge is 0.337 e. The van der Waals surface area contributed by atoms with Crippen LogP contribution in [0.1, 0.15) is 19.4 Å². The summed E-state index contributed by atoms with van der Waals surface area (Å²) in [6.07, 6.45) is 0.